The van der Waals surface area contributed by atoms with E-state index in [0.717, 1.165) is 51.1 Å². The van der Waals surface area contributed by atoms with Crippen molar-refractivity contribution in [3.05, 3.63) is 89.2 Å². The second-order valence-electron chi connectivity index (χ2n) is 10.3. The average Bonchev–Trinajstić information content (AvgIpc) is 3.41. The van der Waals surface area contributed by atoms with Crippen LogP contribution >= 0.6 is 11.6 Å². The zero-order valence-electron chi connectivity index (χ0n) is 20.7. The lowest BCUT2D eigenvalue weighted by Gasteiger charge is -2.43. The first-order valence-corrected chi connectivity index (χ1v) is 13.5. The van der Waals surface area contributed by atoms with Crippen molar-refractivity contribution in [3.63, 3.8) is 0 Å². The molecule has 1 N–H and O–H groups in total. The van der Waals surface area contributed by atoms with E-state index in [2.05, 4.69) is 28.5 Å². The first-order chi connectivity index (χ1) is 18.6. The summed E-state index contributed by atoms with van der Waals surface area (Å²) >= 11 is 6.83. The number of benzene rings is 3. The van der Waals surface area contributed by atoms with Crippen molar-refractivity contribution >= 4 is 40.0 Å². The van der Waals surface area contributed by atoms with Crippen LogP contribution in [0, 0.1) is 5.92 Å². The van der Waals surface area contributed by atoms with Crippen molar-refractivity contribution < 1.29 is 14.3 Å². The normalized spacial score (nSPS) is 22.6. The van der Waals surface area contributed by atoms with E-state index in [4.69, 9.17) is 16.3 Å². The van der Waals surface area contributed by atoms with E-state index in [1.54, 1.807) is 12.4 Å². The smallest absolute Gasteiger partial charge is 0.329 e. The molecule has 1 saturated carbocycles. The highest BCUT2D eigenvalue weighted by Crippen LogP contribution is 2.45. The van der Waals surface area contributed by atoms with Crippen LogP contribution in [0.4, 0.5) is 10.5 Å². The van der Waals surface area contributed by atoms with Crippen molar-refractivity contribution in [2.24, 2.45) is 5.92 Å². The third kappa shape index (κ3) is 3.74. The first-order valence-electron chi connectivity index (χ1n) is 13.1. The molecular formula is C31H26ClN3O3. The number of imide groups is 1. The van der Waals surface area contributed by atoms with Crippen LogP contribution in [0.5, 0.6) is 5.75 Å². The fourth-order valence-electron chi connectivity index (χ4n) is 6.44. The zero-order valence-corrected chi connectivity index (χ0v) is 21.4. The van der Waals surface area contributed by atoms with Crippen LogP contribution in [0.1, 0.15) is 36.3 Å². The summed E-state index contributed by atoms with van der Waals surface area (Å²) in [6, 6.07) is 19.4. The largest absolute Gasteiger partial charge is 0.493 e. The standard InChI is InChI=1S/C31H26ClN3O3/c32-25-7-3-6-23(18-9-11-28-19(14-18)12-13-38-28)29(25)20-8-10-24-26(15-20)34-31(37)35(30(24)36)27-17-33-16-21-4-1-2-5-22(21)27/h1-7,9,11,14,16-17,20,24,26H,8,10,12-13,15H2,(H,34,37). The summed E-state index contributed by atoms with van der Waals surface area (Å²) in [6.45, 7) is 0.715. The number of nitrogens with zero attached hydrogens (tertiary/aromatic N) is 2. The van der Waals surface area contributed by atoms with Gasteiger partial charge in [-0.3, -0.25) is 9.78 Å². The van der Waals surface area contributed by atoms with E-state index < -0.39 is 6.03 Å². The van der Waals surface area contributed by atoms with E-state index in [1.807, 2.05) is 42.5 Å². The molecule has 4 aromatic rings. The number of halogens is 1. The number of rotatable bonds is 3. The van der Waals surface area contributed by atoms with Gasteiger partial charge in [0.1, 0.15) is 5.75 Å². The Morgan fingerprint density at radius 3 is 2.82 bits per heavy atom. The van der Waals surface area contributed by atoms with Crippen LogP contribution in [0.25, 0.3) is 21.9 Å². The summed E-state index contributed by atoms with van der Waals surface area (Å²) in [7, 11) is 0. The summed E-state index contributed by atoms with van der Waals surface area (Å²) in [4.78, 5) is 32.6. The molecule has 3 aromatic carbocycles. The Balaban J connectivity index is 1.19. The molecule has 0 radical (unpaired) electrons. The lowest BCUT2D eigenvalue weighted by Crippen LogP contribution is -2.61. The summed E-state index contributed by atoms with van der Waals surface area (Å²) in [5, 5.41) is 5.60. The number of fused-ring (bicyclic) bond motifs is 3. The van der Waals surface area contributed by atoms with Gasteiger partial charge in [0.2, 0.25) is 5.91 Å². The van der Waals surface area contributed by atoms with Crippen LogP contribution in [0.15, 0.2) is 73.1 Å². The number of aromatic nitrogens is 1. The van der Waals surface area contributed by atoms with Gasteiger partial charge in [0.25, 0.3) is 0 Å². The Bertz CT molecular complexity index is 1600. The molecule has 7 rings (SSSR count). The highest BCUT2D eigenvalue weighted by Gasteiger charge is 2.46. The molecule has 3 aliphatic rings. The number of ether oxygens (including phenoxy) is 1. The maximum absolute atomic E-state index is 13.7. The van der Waals surface area contributed by atoms with Crippen LogP contribution in [-0.4, -0.2) is 29.6 Å². The Morgan fingerprint density at radius 1 is 1.00 bits per heavy atom. The monoisotopic (exact) mass is 523 g/mol. The van der Waals surface area contributed by atoms with Gasteiger partial charge in [-0.2, -0.15) is 0 Å². The lowest BCUT2D eigenvalue weighted by molar-refractivity contribution is -0.124. The summed E-state index contributed by atoms with van der Waals surface area (Å²) in [6.07, 6.45) is 6.40. The van der Waals surface area contributed by atoms with Gasteiger partial charge in [-0.05, 0) is 65.6 Å². The van der Waals surface area contributed by atoms with Crippen molar-refractivity contribution in [1.29, 1.82) is 0 Å². The Morgan fingerprint density at radius 2 is 1.89 bits per heavy atom. The van der Waals surface area contributed by atoms with Gasteiger partial charge in [-0.25, -0.2) is 9.69 Å². The molecule has 190 valence electrons. The Hall–Kier alpha value is -3.90. The SMILES string of the molecule is O=C1NC2CC(c3c(Cl)cccc3-c3ccc4c(c3)CCO4)CCC2C(=O)N1c1cncc2ccccc12. The number of urea groups is 1. The molecule has 1 saturated heterocycles. The Kier molecular flexibility index (Phi) is 5.59. The molecule has 38 heavy (non-hydrogen) atoms. The van der Waals surface area contributed by atoms with Crippen LogP contribution in [-0.2, 0) is 11.2 Å². The number of hydrogen-bond acceptors (Lipinski definition) is 4. The van der Waals surface area contributed by atoms with Crippen molar-refractivity contribution in [1.82, 2.24) is 10.3 Å². The van der Waals surface area contributed by atoms with Gasteiger partial charge >= 0.3 is 6.03 Å². The predicted octanol–water partition coefficient (Wildman–Crippen LogP) is 6.50. The van der Waals surface area contributed by atoms with E-state index in [0.29, 0.717) is 25.1 Å². The minimum atomic E-state index is -0.395. The molecule has 7 heteroatoms. The molecule has 1 aromatic heterocycles. The first kappa shape index (κ1) is 23.2. The molecule has 3 amide bonds. The lowest BCUT2D eigenvalue weighted by atomic mass is 9.72. The molecule has 3 heterocycles. The maximum atomic E-state index is 13.7. The number of nitrogens with one attached hydrogen (secondary N) is 1. The maximum Gasteiger partial charge on any atom is 0.329 e. The number of amides is 3. The second kappa shape index (κ2) is 9.14. The van der Waals surface area contributed by atoms with Crippen LogP contribution in [0.2, 0.25) is 5.02 Å². The van der Waals surface area contributed by atoms with Gasteiger partial charge in [-0.15, -0.1) is 0 Å². The summed E-state index contributed by atoms with van der Waals surface area (Å²) in [5.41, 5.74) is 5.05. The predicted molar refractivity (Wildman–Crippen MR) is 148 cm³/mol. The number of anilines is 1. The topological polar surface area (TPSA) is 71.5 Å². The molecular weight excluding hydrogens is 498 g/mol. The van der Waals surface area contributed by atoms with Gasteiger partial charge < -0.3 is 10.1 Å². The molecule has 6 nitrogen and oxygen atoms in total. The molecule has 3 atom stereocenters. The van der Waals surface area contributed by atoms with Crippen molar-refractivity contribution in [2.75, 3.05) is 11.5 Å². The Labute approximate surface area is 225 Å². The second-order valence-corrected chi connectivity index (χ2v) is 10.8. The van der Waals surface area contributed by atoms with Crippen LogP contribution in [0.3, 0.4) is 0 Å². The minimum absolute atomic E-state index is 0.128. The van der Waals surface area contributed by atoms with Gasteiger partial charge in [0.15, 0.2) is 0 Å². The van der Waals surface area contributed by atoms with Gasteiger partial charge in [0.05, 0.1) is 24.4 Å². The zero-order chi connectivity index (χ0) is 25.8. The highest BCUT2D eigenvalue weighted by molar-refractivity contribution is 6.32. The van der Waals surface area contributed by atoms with E-state index in [-0.39, 0.29) is 23.8 Å². The van der Waals surface area contributed by atoms with Gasteiger partial charge in [-0.1, -0.05) is 54.1 Å². The third-order valence-electron chi connectivity index (χ3n) is 8.25. The average molecular weight is 524 g/mol. The fraction of sp³-hybridized carbons (Fsp3) is 0.258. The summed E-state index contributed by atoms with van der Waals surface area (Å²) < 4.78 is 5.70. The quantitative estimate of drug-likeness (QED) is 0.333. The summed E-state index contributed by atoms with van der Waals surface area (Å²) in [5.74, 6) is 0.634. The number of carbonyl (C=O) groups is 2. The molecule has 1 aliphatic carbocycles. The number of carbonyl (C=O) groups excluding carboxylic acids is 2. The van der Waals surface area contributed by atoms with Gasteiger partial charge in [0, 0.05) is 34.5 Å². The molecule has 0 spiro atoms. The molecule has 2 fully saturated rings. The minimum Gasteiger partial charge on any atom is -0.493 e. The fourth-order valence-corrected chi connectivity index (χ4v) is 6.77. The molecule has 2 aliphatic heterocycles. The molecule has 3 unspecified atom stereocenters. The number of pyridine rings is 1. The third-order valence-corrected chi connectivity index (χ3v) is 8.58. The van der Waals surface area contributed by atoms with E-state index in [1.165, 1.54) is 10.5 Å². The van der Waals surface area contributed by atoms with E-state index in [9.17, 15) is 9.59 Å². The van der Waals surface area contributed by atoms with Crippen molar-refractivity contribution in [2.45, 2.75) is 37.6 Å². The van der Waals surface area contributed by atoms with Crippen LogP contribution < -0.4 is 15.0 Å². The molecule has 0 bridgehead atoms. The van der Waals surface area contributed by atoms with Crippen molar-refractivity contribution in [3.8, 4) is 16.9 Å². The van der Waals surface area contributed by atoms with E-state index >= 15 is 0 Å². The number of hydrogen-bond donors (Lipinski definition) is 1. The highest BCUT2D eigenvalue weighted by atomic mass is 35.5.